The molecule has 0 heterocycles. The fourth-order valence-electron chi connectivity index (χ4n) is 1.15. The fourth-order valence-corrected chi connectivity index (χ4v) is 1.15. The smallest absolute Gasteiger partial charge is 0.419 e. The van der Waals surface area contributed by atoms with E-state index in [1.807, 2.05) is 0 Å². The second-order valence-electron chi connectivity index (χ2n) is 3.10. The SMILES string of the molecule is N=Cc1cc(C(F)(F)F)cc(C(F)(F)F)c1O. The summed E-state index contributed by atoms with van der Waals surface area (Å²) in [5.41, 5.74) is -4.22. The molecule has 0 aromatic heterocycles. The van der Waals surface area contributed by atoms with Crippen LogP contribution in [0, 0.1) is 5.41 Å². The van der Waals surface area contributed by atoms with Crippen molar-refractivity contribution in [3.63, 3.8) is 0 Å². The largest absolute Gasteiger partial charge is 0.507 e. The van der Waals surface area contributed by atoms with Gasteiger partial charge in [0.1, 0.15) is 5.75 Å². The van der Waals surface area contributed by atoms with Crippen LogP contribution in [0.5, 0.6) is 5.75 Å². The molecule has 2 N–H and O–H groups in total. The molecule has 1 aromatic carbocycles. The molecule has 0 unspecified atom stereocenters. The quantitative estimate of drug-likeness (QED) is 0.587. The van der Waals surface area contributed by atoms with Crippen molar-refractivity contribution >= 4 is 6.21 Å². The number of hydrogen-bond donors (Lipinski definition) is 2. The molecule has 0 bridgehead atoms. The van der Waals surface area contributed by atoms with Crippen LogP contribution in [-0.2, 0) is 12.4 Å². The Balaban J connectivity index is 3.56. The summed E-state index contributed by atoms with van der Waals surface area (Å²) in [4.78, 5) is 0. The first-order valence-electron chi connectivity index (χ1n) is 4.09. The van der Waals surface area contributed by atoms with Gasteiger partial charge in [-0.15, -0.1) is 0 Å². The Morgan fingerprint density at radius 2 is 1.53 bits per heavy atom. The van der Waals surface area contributed by atoms with Crippen LogP contribution < -0.4 is 0 Å². The van der Waals surface area contributed by atoms with Gasteiger partial charge in [-0.3, -0.25) is 0 Å². The Morgan fingerprint density at radius 3 is 1.88 bits per heavy atom. The van der Waals surface area contributed by atoms with Crippen molar-refractivity contribution in [2.24, 2.45) is 0 Å². The average Bonchev–Trinajstić information content (AvgIpc) is 2.14. The molecule has 1 rings (SSSR count). The van der Waals surface area contributed by atoms with Crippen molar-refractivity contribution in [3.8, 4) is 5.75 Å². The summed E-state index contributed by atoms with van der Waals surface area (Å²) in [5, 5.41) is 15.7. The molecule has 0 spiro atoms. The molecule has 0 saturated heterocycles. The highest BCUT2D eigenvalue weighted by Gasteiger charge is 2.39. The lowest BCUT2D eigenvalue weighted by atomic mass is 10.0. The van der Waals surface area contributed by atoms with Crippen LogP contribution >= 0.6 is 0 Å². The summed E-state index contributed by atoms with van der Waals surface area (Å²) in [5.74, 6) is -1.39. The van der Waals surface area contributed by atoms with E-state index in [-0.39, 0.29) is 18.3 Å². The van der Waals surface area contributed by atoms with Crippen LogP contribution in [0.3, 0.4) is 0 Å². The maximum Gasteiger partial charge on any atom is 0.419 e. The minimum absolute atomic E-state index is 0.192. The van der Waals surface area contributed by atoms with Gasteiger partial charge in [-0.05, 0) is 12.1 Å². The first-order chi connectivity index (χ1) is 7.57. The molecular formula is C9H5F6NO. The number of phenols is 1. The summed E-state index contributed by atoms with van der Waals surface area (Å²) in [6, 6.07) is 0.0832. The number of hydrogen-bond acceptors (Lipinski definition) is 2. The molecule has 94 valence electrons. The molecule has 0 amide bonds. The normalized spacial score (nSPS) is 12.6. The van der Waals surface area contributed by atoms with Crippen LogP contribution in [0.2, 0.25) is 0 Å². The van der Waals surface area contributed by atoms with E-state index in [1.54, 1.807) is 0 Å². The number of benzene rings is 1. The highest BCUT2D eigenvalue weighted by atomic mass is 19.4. The summed E-state index contributed by atoms with van der Waals surface area (Å²) in [7, 11) is 0. The lowest BCUT2D eigenvalue weighted by molar-refractivity contribution is -0.143. The summed E-state index contributed by atoms with van der Waals surface area (Å²) < 4.78 is 73.8. The van der Waals surface area contributed by atoms with Crippen LogP contribution in [-0.4, -0.2) is 11.3 Å². The van der Waals surface area contributed by atoms with Crippen molar-refractivity contribution in [3.05, 3.63) is 28.8 Å². The van der Waals surface area contributed by atoms with Gasteiger partial charge >= 0.3 is 12.4 Å². The molecule has 0 saturated carbocycles. The first-order valence-corrected chi connectivity index (χ1v) is 4.09. The molecule has 8 heteroatoms. The summed E-state index contributed by atoms with van der Waals surface area (Å²) in [6.07, 6.45) is -9.88. The maximum absolute atomic E-state index is 12.3. The number of rotatable bonds is 1. The van der Waals surface area contributed by atoms with Crippen molar-refractivity contribution in [2.75, 3.05) is 0 Å². The number of aromatic hydroxyl groups is 1. The van der Waals surface area contributed by atoms with Crippen LogP contribution in [0.25, 0.3) is 0 Å². The van der Waals surface area contributed by atoms with Gasteiger partial charge in [0.05, 0.1) is 11.1 Å². The second-order valence-corrected chi connectivity index (χ2v) is 3.10. The van der Waals surface area contributed by atoms with Gasteiger partial charge < -0.3 is 10.5 Å². The fraction of sp³-hybridized carbons (Fsp3) is 0.222. The molecule has 17 heavy (non-hydrogen) atoms. The molecule has 0 aliphatic heterocycles. The van der Waals surface area contributed by atoms with Gasteiger partial charge in [-0.2, -0.15) is 26.3 Å². The van der Waals surface area contributed by atoms with E-state index in [1.165, 1.54) is 0 Å². The highest BCUT2D eigenvalue weighted by Crippen LogP contribution is 2.41. The molecule has 0 atom stereocenters. The summed E-state index contributed by atoms with van der Waals surface area (Å²) >= 11 is 0. The van der Waals surface area contributed by atoms with Crippen molar-refractivity contribution in [1.29, 1.82) is 5.41 Å². The van der Waals surface area contributed by atoms with Crippen LogP contribution in [0.1, 0.15) is 16.7 Å². The van der Waals surface area contributed by atoms with E-state index in [4.69, 9.17) is 10.5 Å². The van der Waals surface area contributed by atoms with Crippen molar-refractivity contribution in [2.45, 2.75) is 12.4 Å². The zero-order chi connectivity index (χ0) is 13.4. The van der Waals surface area contributed by atoms with Gasteiger partial charge in [0.25, 0.3) is 0 Å². The van der Waals surface area contributed by atoms with Gasteiger partial charge in [0, 0.05) is 11.8 Å². The molecular weight excluding hydrogens is 252 g/mol. The van der Waals surface area contributed by atoms with Crippen LogP contribution in [0.4, 0.5) is 26.3 Å². The molecule has 0 fully saturated rings. The third-order valence-corrected chi connectivity index (χ3v) is 1.93. The standard InChI is InChI=1S/C9H5F6NO/c10-8(11,12)5-1-4(3-16)7(17)6(2-5)9(13,14)15/h1-3,16-17H. The van der Waals surface area contributed by atoms with Crippen molar-refractivity contribution in [1.82, 2.24) is 0 Å². The highest BCUT2D eigenvalue weighted by molar-refractivity contribution is 5.82. The first kappa shape index (κ1) is 13.3. The number of halogens is 6. The number of alkyl halides is 6. The number of nitrogens with one attached hydrogen (secondary N) is 1. The van der Waals surface area contributed by atoms with Gasteiger partial charge in [0.2, 0.25) is 0 Å². The van der Waals surface area contributed by atoms with Crippen LogP contribution in [0.15, 0.2) is 12.1 Å². The Hall–Kier alpha value is -1.73. The maximum atomic E-state index is 12.3. The third-order valence-electron chi connectivity index (χ3n) is 1.93. The van der Waals surface area contributed by atoms with E-state index < -0.39 is 34.8 Å². The molecule has 2 nitrogen and oxygen atoms in total. The predicted molar refractivity (Wildman–Crippen MR) is 46.0 cm³/mol. The Labute approximate surface area is 91.0 Å². The Kier molecular flexibility index (Phi) is 3.09. The van der Waals surface area contributed by atoms with E-state index in [2.05, 4.69) is 0 Å². The van der Waals surface area contributed by atoms with E-state index >= 15 is 0 Å². The number of phenolic OH excluding ortho intramolecular Hbond substituents is 1. The Morgan fingerprint density at radius 1 is 1.00 bits per heavy atom. The minimum atomic E-state index is -5.12. The van der Waals surface area contributed by atoms with Crippen molar-refractivity contribution < 1.29 is 31.4 Å². The molecule has 0 radical (unpaired) electrons. The minimum Gasteiger partial charge on any atom is -0.507 e. The topological polar surface area (TPSA) is 44.1 Å². The predicted octanol–water partition coefficient (Wildman–Crippen LogP) is 3.43. The molecule has 1 aromatic rings. The van der Waals surface area contributed by atoms with Gasteiger partial charge in [0.15, 0.2) is 0 Å². The van der Waals surface area contributed by atoms with Gasteiger partial charge in [-0.25, -0.2) is 0 Å². The molecule has 0 aliphatic carbocycles. The Bertz CT molecular complexity index is 448. The summed E-state index contributed by atoms with van der Waals surface area (Å²) in [6.45, 7) is 0. The lowest BCUT2D eigenvalue weighted by Crippen LogP contribution is -2.12. The van der Waals surface area contributed by atoms with E-state index in [0.29, 0.717) is 0 Å². The monoisotopic (exact) mass is 257 g/mol. The van der Waals surface area contributed by atoms with Gasteiger partial charge in [-0.1, -0.05) is 0 Å². The second kappa shape index (κ2) is 3.94. The average molecular weight is 257 g/mol. The van der Waals surface area contributed by atoms with E-state index in [9.17, 15) is 26.3 Å². The lowest BCUT2D eigenvalue weighted by Gasteiger charge is -2.14. The zero-order valence-electron chi connectivity index (χ0n) is 7.95. The molecule has 0 aliphatic rings. The zero-order valence-corrected chi connectivity index (χ0v) is 7.95. The van der Waals surface area contributed by atoms with E-state index in [0.717, 1.165) is 0 Å². The third kappa shape index (κ3) is 2.69.